The molecule has 2 saturated heterocycles. The van der Waals surface area contributed by atoms with Gasteiger partial charge in [0.15, 0.2) is 0 Å². The second kappa shape index (κ2) is 8.44. The molecular formula is C16H20BrClN4O4S. The Morgan fingerprint density at radius 2 is 1.81 bits per heavy atom. The maximum absolute atomic E-state index is 12.8. The molecule has 1 aromatic carbocycles. The first-order valence-corrected chi connectivity index (χ1v) is 11.2. The van der Waals surface area contributed by atoms with E-state index in [4.69, 9.17) is 11.6 Å². The summed E-state index contributed by atoms with van der Waals surface area (Å²) >= 11 is 9.38. The van der Waals surface area contributed by atoms with E-state index >= 15 is 0 Å². The minimum Gasteiger partial charge on any atom is -0.329 e. The van der Waals surface area contributed by atoms with Crippen molar-refractivity contribution in [3.8, 4) is 0 Å². The molecule has 1 N–H and O–H groups in total. The van der Waals surface area contributed by atoms with Crippen molar-refractivity contribution in [1.82, 2.24) is 19.4 Å². The highest BCUT2D eigenvalue weighted by Crippen LogP contribution is 2.28. The number of halogens is 2. The van der Waals surface area contributed by atoms with Crippen molar-refractivity contribution in [2.75, 3.05) is 45.8 Å². The average Bonchev–Trinajstić information content (AvgIpc) is 2.94. The largest absolute Gasteiger partial charge is 0.329 e. The Morgan fingerprint density at radius 1 is 1.11 bits per heavy atom. The molecule has 0 aromatic heterocycles. The second-order valence-corrected chi connectivity index (χ2v) is 9.61. The molecule has 0 aliphatic carbocycles. The van der Waals surface area contributed by atoms with E-state index in [1.807, 2.05) is 0 Å². The van der Waals surface area contributed by atoms with E-state index in [0.717, 1.165) is 4.47 Å². The SMILES string of the molecule is O=C1CNC(=O)N1CCCN1CCN(S(=O)(=O)c2ccc(Br)cc2Cl)CC1. The van der Waals surface area contributed by atoms with E-state index in [-0.39, 0.29) is 28.4 Å². The molecular weight excluding hydrogens is 460 g/mol. The normalized spacial score (nSPS) is 19.6. The molecule has 0 radical (unpaired) electrons. The van der Waals surface area contributed by atoms with Crippen LogP contribution in [0.5, 0.6) is 0 Å². The highest BCUT2D eigenvalue weighted by Gasteiger charge is 2.31. The fraction of sp³-hybridized carbons (Fsp3) is 0.500. The molecule has 0 bridgehead atoms. The van der Waals surface area contributed by atoms with Crippen molar-refractivity contribution >= 4 is 49.5 Å². The number of imide groups is 1. The summed E-state index contributed by atoms with van der Waals surface area (Å²) in [5.41, 5.74) is 0. The number of urea groups is 1. The number of hydrogen-bond donors (Lipinski definition) is 1. The Kier molecular flexibility index (Phi) is 6.42. The number of carbonyl (C=O) groups excluding carboxylic acids is 2. The number of sulfonamides is 1. The van der Waals surface area contributed by atoms with Crippen LogP contribution in [0, 0.1) is 0 Å². The van der Waals surface area contributed by atoms with Crippen LogP contribution in [0.3, 0.4) is 0 Å². The zero-order chi connectivity index (χ0) is 19.6. The molecule has 148 valence electrons. The number of amides is 3. The van der Waals surface area contributed by atoms with Gasteiger partial charge in [-0.1, -0.05) is 27.5 Å². The van der Waals surface area contributed by atoms with E-state index in [2.05, 4.69) is 26.1 Å². The van der Waals surface area contributed by atoms with Gasteiger partial charge in [-0.25, -0.2) is 13.2 Å². The van der Waals surface area contributed by atoms with Gasteiger partial charge in [0.05, 0.1) is 11.6 Å². The van der Waals surface area contributed by atoms with Crippen LogP contribution in [-0.4, -0.2) is 80.3 Å². The van der Waals surface area contributed by atoms with Gasteiger partial charge < -0.3 is 10.2 Å². The van der Waals surface area contributed by atoms with E-state index in [9.17, 15) is 18.0 Å². The fourth-order valence-electron chi connectivity index (χ4n) is 3.15. The molecule has 3 amide bonds. The van der Waals surface area contributed by atoms with Crippen molar-refractivity contribution in [3.05, 3.63) is 27.7 Å². The van der Waals surface area contributed by atoms with Gasteiger partial charge in [-0.05, 0) is 31.2 Å². The van der Waals surface area contributed by atoms with E-state index in [1.54, 1.807) is 12.1 Å². The first kappa shape index (κ1) is 20.5. The van der Waals surface area contributed by atoms with Gasteiger partial charge >= 0.3 is 6.03 Å². The van der Waals surface area contributed by atoms with Crippen LogP contribution < -0.4 is 5.32 Å². The number of benzene rings is 1. The summed E-state index contributed by atoms with van der Waals surface area (Å²) < 4.78 is 27.8. The lowest BCUT2D eigenvalue weighted by Gasteiger charge is -2.34. The van der Waals surface area contributed by atoms with Crippen LogP contribution in [0.15, 0.2) is 27.6 Å². The number of hydrogen-bond acceptors (Lipinski definition) is 5. The molecule has 1 aromatic rings. The number of nitrogens with one attached hydrogen (secondary N) is 1. The van der Waals surface area contributed by atoms with Crippen molar-refractivity contribution in [3.63, 3.8) is 0 Å². The van der Waals surface area contributed by atoms with Crippen LogP contribution in [0.1, 0.15) is 6.42 Å². The molecule has 0 spiro atoms. The minimum absolute atomic E-state index is 0.0635. The van der Waals surface area contributed by atoms with Crippen molar-refractivity contribution in [2.24, 2.45) is 0 Å². The van der Waals surface area contributed by atoms with Gasteiger partial charge in [0.1, 0.15) is 4.90 Å². The van der Waals surface area contributed by atoms with E-state index in [1.165, 1.54) is 15.3 Å². The standard InChI is InChI=1S/C16H20BrClN4O4S/c17-12-2-3-14(13(18)10-12)27(25,26)21-8-6-20(7-9-21)4-1-5-22-15(23)11-19-16(22)24/h2-3,10H,1,4-9,11H2,(H,19,24). The first-order valence-electron chi connectivity index (χ1n) is 8.55. The van der Waals surface area contributed by atoms with Crippen LogP contribution in [-0.2, 0) is 14.8 Å². The lowest BCUT2D eigenvalue weighted by molar-refractivity contribution is -0.125. The summed E-state index contributed by atoms with van der Waals surface area (Å²) in [6.07, 6.45) is 0.657. The van der Waals surface area contributed by atoms with Gasteiger partial charge in [-0.2, -0.15) is 4.31 Å². The monoisotopic (exact) mass is 478 g/mol. The molecule has 2 aliphatic rings. The zero-order valence-electron chi connectivity index (χ0n) is 14.5. The van der Waals surface area contributed by atoms with Gasteiger partial charge in [0.2, 0.25) is 15.9 Å². The smallest absolute Gasteiger partial charge is 0.324 e. The fourth-order valence-corrected chi connectivity index (χ4v) is 5.58. The lowest BCUT2D eigenvalue weighted by Crippen LogP contribution is -2.49. The summed E-state index contributed by atoms with van der Waals surface area (Å²) in [4.78, 5) is 26.5. The molecule has 27 heavy (non-hydrogen) atoms. The van der Waals surface area contributed by atoms with Crippen LogP contribution in [0.2, 0.25) is 5.02 Å². The first-order chi connectivity index (χ1) is 12.8. The molecule has 0 atom stereocenters. The van der Waals surface area contributed by atoms with Crippen LogP contribution >= 0.6 is 27.5 Å². The third-order valence-electron chi connectivity index (χ3n) is 4.64. The Morgan fingerprint density at radius 3 is 2.41 bits per heavy atom. The summed E-state index contributed by atoms with van der Waals surface area (Å²) in [6, 6.07) is 4.39. The zero-order valence-corrected chi connectivity index (χ0v) is 17.7. The highest BCUT2D eigenvalue weighted by molar-refractivity contribution is 9.10. The molecule has 3 rings (SSSR count). The van der Waals surface area contributed by atoms with Crippen molar-refractivity contribution < 1.29 is 18.0 Å². The van der Waals surface area contributed by atoms with Crippen molar-refractivity contribution in [2.45, 2.75) is 11.3 Å². The Bertz CT molecular complexity index is 827. The summed E-state index contributed by atoms with van der Waals surface area (Å²) in [5, 5.41) is 2.69. The van der Waals surface area contributed by atoms with Crippen LogP contribution in [0.25, 0.3) is 0 Å². The van der Waals surface area contributed by atoms with Gasteiger partial charge in [0.25, 0.3) is 0 Å². The molecule has 2 aliphatic heterocycles. The Balaban J connectivity index is 1.51. The number of piperazine rings is 1. The predicted octanol–water partition coefficient (Wildman–Crippen LogP) is 1.35. The molecule has 2 heterocycles. The minimum atomic E-state index is -3.63. The number of carbonyl (C=O) groups is 2. The Labute approximate surface area is 171 Å². The lowest BCUT2D eigenvalue weighted by atomic mass is 10.3. The number of nitrogens with zero attached hydrogens (tertiary/aromatic N) is 3. The summed E-state index contributed by atoms with van der Waals surface area (Å²) in [6.45, 7) is 3.06. The van der Waals surface area contributed by atoms with Gasteiger partial charge in [-0.15, -0.1) is 0 Å². The third-order valence-corrected chi connectivity index (χ3v) is 7.51. The third kappa shape index (κ3) is 4.62. The molecule has 11 heteroatoms. The summed E-state index contributed by atoms with van der Waals surface area (Å²) in [7, 11) is -3.63. The molecule has 0 unspecified atom stereocenters. The maximum Gasteiger partial charge on any atom is 0.324 e. The van der Waals surface area contributed by atoms with E-state index in [0.29, 0.717) is 45.7 Å². The average molecular weight is 480 g/mol. The quantitative estimate of drug-likeness (QED) is 0.622. The highest BCUT2D eigenvalue weighted by atomic mass is 79.9. The van der Waals surface area contributed by atoms with Crippen LogP contribution in [0.4, 0.5) is 4.79 Å². The summed E-state index contributed by atoms with van der Waals surface area (Å²) in [5.74, 6) is -0.206. The predicted molar refractivity (Wildman–Crippen MR) is 104 cm³/mol. The van der Waals surface area contributed by atoms with Gasteiger partial charge in [-0.3, -0.25) is 9.69 Å². The maximum atomic E-state index is 12.8. The van der Waals surface area contributed by atoms with Gasteiger partial charge in [0, 0.05) is 37.2 Å². The molecule has 0 saturated carbocycles. The Hall–Kier alpha value is -1.20. The topological polar surface area (TPSA) is 90.0 Å². The molecule has 8 nitrogen and oxygen atoms in total. The second-order valence-electron chi connectivity index (χ2n) is 6.38. The van der Waals surface area contributed by atoms with Crippen molar-refractivity contribution in [1.29, 1.82) is 0 Å². The molecule has 2 fully saturated rings. The van der Waals surface area contributed by atoms with E-state index < -0.39 is 10.0 Å². The number of rotatable bonds is 6.